The zero-order valence-corrected chi connectivity index (χ0v) is 16.6. The SMILES string of the molecule is Cc1nc(-c2cccc(C(=O)N3CCC4CCC(C3)N4)c2)cs1.Cl.Cl. The first-order valence-corrected chi connectivity index (χ1v) is 9.15. The molecule has 1 amide bonds. The predicted molar refractivity (Wildman–Crippen MR) is 107 cm³/mol. The number of benzene rings is 1. The van der Waals surface area contributed by atoms with Crippen molar-refractivity contribution in [1.29, 1.82) is 0 Å². The Morgan fingerprint density at radius 1 is 1.24 bits per heavy atom. The van der Waals surface area contributed by atoms with Crippen molar-refractivity contribution in [2.75, 3.05) is 13.1 Å². The molecule has 0 radical (unpaired) electrons. The Kier molecular flexibility index (Phi) is 6.86. The molecule has 2 aromatic rings. The van der Waals surface area contributed by atoms with Gasteiger partial charge in [-0.1, -0.05) is 12.1 Å². The van der Waals surface area contributed by atoms with Crippen molar-refractivity contribution in [3.63, 3.8) is 0 Å². The van der Waals surface area contributed by atoms with Gasteiger partial charge >= 0.3 is 0 Å². The van der Waals surface area contributed by atoms with E-state index in [1.54, 1.807) is 11.3 Å². The molecule has 1 aromatic heterocycles. The molecule has 2 aliphatic heterocycles. The molecule has 25 heavy (non-hydrogen) atoms. The van der Waals surface area contributed by atoms with Crippen LogP contribution in [0, 0.1) is 6.92 Å². The maximum absolute atomic E-state index is 12.9. The normalized spacial score (nSPS) is 21.9. The van der Waals surface area contributed by atoms with Gasteiger partial charge in [0.25, 0.3) is 5.91 Å². The molecular weight excluding hydrogens is 377 g/mol. The Morgan fingerprint density at radius 2 is 2.04 bits per heavy atom. The Balaban J connectivity index is 0.00000113. The van der Waals surface area contributed by atoms with Crippen molar-refractivity contribution in [3.05, 3.63) is 40.2 Å². The van der Waals surface area contributed by atoms with Crippen LogP contribution in [0.5, 0.6) is 0 Å². The van der Waals surface area contributed by atoms with E-state index in [0.717, 1.165) is 41.3 Å². The van der Waals surface area contributed by atoms with Gasteiger partial charge < -0.3 is 10.2 Å². The largest absolute Gasteiger partial charge is 0.337 e. The average Bonchev–Trinajstić information content (AvgIpc) is 3.12. The highest BCUT2D eigenvalue weighted by Gasteiger charge is 2.31. The summed E-state index contributed by atoms with van der Waals surface area (Å²) in [5, 5.41) is 6.72. The maximum atomic E-state index is 12.9. The molecule has 4 nitrogen and oxygen atoms in total. The van der Waals surface area contributed by atoms with Crippen LogP contribution in [0.25, 0.3) is 11.3 Å². The third-order valence-corrected chi connectivity index (χ3v) is 5.61. The Labute approximate surface area is 164 Å². The van der Waals surface area contributed by atoms with Crippen LogP contribution in [0.2, 0.25) is 0 Å². The van der Waals surface area contributed by atoms with Crippen LogP contribution in [0.4, 0.5) is 0 Å². The van der Waals surface area contributed by atoms with Crippen LogP contribution >= 0.6 is 36.2 Å². The maximum Gasteiger partial charge on any atom is 0.253 e. The fraction of sp³-hybridized carbons (Fsp3) is 0.444. The van der Waals surface area contributed by atoms with Crippen molar-refractivity contribution in [2.24, 2.45) is 0 Å². The molecule has 2 bridgehead atoms. The lowest BCUT2D eigenvalue weighted by molar-refractivity contribution is 0.0748. The highest BCUT2D eigenvalue weighted by Crippen LogP contribution is 2.25. The number of carbonyl (C=O) groups excluding carboxylic acids is 1. The molecule has 2 atom stereocenters. The molecule has 2 aliphatic rings. The fourth-order valence-corrected chi connectivity index (χ4v) is 4.24. The first-order valence-electron chi connectivity index (χ1n) is 8.27. The summed E-state index contributed by atoms with van der Waals surface area (Å²) >= 11 is 1.64. The second-order valence-electron chi connectivity index (χ2n) is 6.51. The lowest BCUT2D eigenvalue weighted by atomic mass is 10.1. The number of hydrogen-bond donors (Lipinski definition) is 1. The van der Waals surface area contributed by atoms with Crippen LogP contribution in [0.3, 0.4) is 0 Å². The lowest BCUT2D eigenvalue weighted by Gasteiger charge is -2.24. The van der Waals surface area contributed by atoms with Gasteiger partial charge in [-0.2, -0.15) is 0 Å². The minimum Gasteiger partial charge on any atom is -0.337 e. The first kappa shape index (κ1) is 20.2. The molecule has 4 rings (SSSR count). The molecule has 136 valence electrons. The number of hydrogen-bond acceptors (Lipinski definition) is 4. The zero-order valence-electron chi connectivity index (χ0n) is 14.1. The van der Waals surface area contributed by atoms with Gasteiger partial charge in [-0.25, -0.2) is 4.98 Å². The summed E-state index contributed by atoms with van der Waals surface area (Å²) in [7, 11) is 0. The number of likely N-dealkylation sites (tertiary alicyclic amines) is 1. The third-order valence-electron chi connectivity index (χ3n) is 4.83. The molecule has 0 aliphatic carbocycles. The second kappa shape index (κ2) is 8.49. The van der Waals surface area contributed by atoms with Crippen molar-refractivity contribution >= 4 is 42.1 Å². The highest BCUT2D eigenvalue weighted by molar-refractivity contribution is 7.09. The van der Waals surface area contributed by atoms with E-state index in [9.17, 15) is 4.79 Å². The van der Waals surface area contributed by atoms with Crippen LogP contribution in [-0.2, 0) is 0 Å². The smallest absolute Gasteiger partial charge is 0.253 e. The van der Waals surface area contributed by atoms with Crippen LogP contribution in [0.1, 0.15) is 34.6 Å². The number of nitrogens with zero attached hydrogens (tertiary/aromatic N) is 2. The number of amides is 1. The molecular formula is C18H23Cl2N3OS. The average molecular weight is 400 g/mol. The number of carbonyl (C=O) groups is 1. The van der Waals surface area contributed by atoms with E-state index >= 15 is 0 Å². The Hall–Kier alpha value is -1.14. The number of rotatable bonds is 2. The summed E-state index contributed by atoms with van der Waals surface area (Å²) in [4.78, 5) is 19.4. The van der Waals surface area contributed by atoms with Gasteiger partial charge in [0.15, 0.2) is 0 Å². The molecule has 2 fully saturated rings. The Bertz CT molecular complexity index is 737. The summed E-state index contributed by atoms with van der Waals surface area (Å²) in [6.07, 6.45) is 3.51. The van der Waals surface area contributed by atoms with E-state index in [1.165, 1.54) is 12.8 Å². The summed E-state index contributed by atoms with van der Waals surface area (Å²) < 4.78 is 0. The summed E-state index contributed by atoms with van der Waals surface area (Å²) in [5.41, 5.74) is 2.75. The number of halogens is 2. The number of fused-ring (bicyclic) bond motifs is 2. The third kappa shape index (κ3) is 4.34. The standard InChI is InChI=1S/C18H21N3OS.2ClH/c1-12-19-17(11-23-12)13-3-2-4-14(9-13)18(22)21-8-7-15-5-6-16(10-21)20-15;;/h2-4,9,11,15-16,20H,5-8,10H2,1H3;2*1H. The quantitative estimate of drug-likeness (QED) is 0.831. The fourth-order valence-electron chi connectivity index (χ4n) is 3.62. The van der Waals surface area contributed by atoms with E-state index < -0.39 is 0 Å². The van der Waals surface area contributed by atoms with Crippen LogP contribution in [0.15, 0.2) is 29.6 Å². The molecule has 1 aromatic carbocycles. The van der Waals surface area contributed by atoms with Crippen LogP contribution in [-0.4, -0.2) is 41.0 Å². The minimum absolute atomic E-state index is 0. The van der Waals surface area contributed by atoms with Gasteiger partial charge in [0.05, 0.1) is 10.7 Å². The lowest BCUT2D eigenvalue weighted by Crippen LogP contribution is -2.39. The summed E-state index contributed by atoms with van der Waals surface area (Å²) in [5.74, 6) is 0.146. The molecule has 3 heterocycles. The molecule has 0 saturated carbocycles. The van der Waals surface area contributed by atoms with E-state index in [4.69, 9.17) is 0 Å². The molecule has 7 heteroatoms. The Morgan fingerprint density at radius 3 is 2.80 bits per heavy atom. The number of thiazole rings is 1. The van der Waals surface area contributed by atoms with Crippen molar-refractivity contribution in [1.82, 2.24) is 15.2 Å². The molecule has 1 N–H and O–H groups in total. The zero-order chi connectivity index (χ0) is 15.8. The highest BCUT2D eigenvalue weighted by atomic mass is 35.5. The minimum atomic E-state index is 0. The van der Waals surface area contributed by atoms with Crippen LogP contribution < -0.4 is 5.32 Å². The summed E-state index contributed by atoms with van der Waals surface area (Å²) in [6.45, 7) is 3.69. The van der Waals surface area contributed by atoms with Gasteiger partial charge in [-0.05, 0) is 38.3 Å². The number of nitrogens with one attached hydrogen (secondary N) is 1. The topological polar surface area (TPSA) is 45.2 Å². The van der Waals surface area contributed by atoms with Gasteiger partial charge in [0.1, 0.15) is 0 Å². The molecule has 0 spiro atoms. The molecule has 2 unspecified atom stereocenters. The van der Waals surface area contributed by atoms with Crippen molar-refractivity contribution < 1.29 is 4.79 Å². The van der Waals surface area contributed by atoms with Crippen molar-refractivity contribution in [2.45, 2.75) is 38.3 Å². The number of aryl methyl sites for hydroxylation is 1. The number of aromatic nitrogens is 1. The van der Waals surface area contributed by atoms with Crippen molar-refractivity contribution in [3.8, 4) is 11.3 Å². The van der Waals surface area contributed by atoms with Gasteiger partial charge in [0.2, 0.25) is 0 Å². The predicted octanol–water partition coefficient (Wildman–Crippen LogP) is 3.93. The second-order valence-corrected chi connectivity index (χ2v) is 7.57. The van der Waals surface area contributed by atoms with E-state index in [0.29, 0.717) is 12.1 Å². The first-order chi connectivity index (χ1) is 11.2. The van der Waals surface area contributed by atoms with Gasteiger partial charge in [-0.15, -0.1) is 36.2 Å². The van der Waals surface area contributed by atoms with E-state index in [1.807, 2.05) is 41.5 Å². The van der Waals surface area contributed by atoms with Gasteiger partial charge in [0, 0.05) is 41.7 Å². The van der Waals surface area contributed by atoms with E-state index in [2.05, 4.69) is 10.3 Å². The summed E-state index contributed by atoms with van der Waals surface area (Å²) in [6, 6.07) is 8.95. The monoisotopic (exact) mass is 399 g/mol. The van der Waals surface area contributed by atoms with E-state index in [-0.39, 0.29) is 30.7 Å². The molecule has 2 saturated heterocycles. The van der Waals surface area contributed by atoms with Gasteiger partial charge in [-0.3, -0.25) is 4.79 Å².